The highest BCUT2D eigenvalue weighted by Crippen LogP contribution is 2.28. The van der Waals surface area contributed by atoms with Crippen molar-refractivity contribution in [3.8, 4) is 11.5 Å². The Hall–Kier alpha value is -2.00. The van der Waals surface area contributed by atoms with Crippen LogP contribution in [0.25, 0.3) is 0 Å². The fourth-order valence-corrected chi connectivity index (χ4v) is 1.74. The standard InChI is InChI=1S/C14H11ClO3/c1-9-3-2-4-11(7-9)18-13-6-5-10(15)8-12(13)14(16)17/h2-8H,1H3,(H,16,17). The van der Waals surface area contributed by atoms with Crippen LogP contribution in [0.1, 0.15) is 15.9 Å². The Morgan fingerprint density at radius 2 is 2.00 bits per heavy atom. The van der Waals surface area contributed by atoms with Crippen LogP contribution in [0.5, 0.6) is 11.5 Å². The predicted molar refractivity (Wildman–Crippen MR) is 69.7 cm³/mol. The molecule has 0 saturated carbocycles. The Labute approximate surface area is 110 Å². The summed E-state index contributed by atoms with van der Waals surface area (Å²) in [5.41, 5.74) is 1.09. The molecular formula is C14H11ClO3. The van der Waals surface area contributed by atoms with Crippen LogP contribution >= 0.6 is 11.6 Å². The lowest BCUT2D eigenvalue weighted by Crippen LogP contribution is -2.00. The zero-order chi connectivity index (χ0) is 13.1. The van der Waals surface area contributed by atoms with Crippen molar-refractivity contribution < 1.29 is 14.6 Å². The van der Waals surface area contributed by atoms with E-state index in [0.29, 0.717) is 10.8 Å². The number of carboxylic acids is 1. The van der Waals surface area contributed by atoms with Crippen molar-refractivity contribution in [3.63, 3.8) is 0 Å². The van der Waals surface area contributed by atoms with E-state index in [4.69, 9.17) is 21.4 Å². The second-order valence-corrected chi connectivity index (χ2v) is 4.30. The van der Waals surface area contributed by atoms with Crippen molar-refractivity contribution in [1.82, 2.24) is 0 Å². The van der Waals surface area contributed by atoms with Crippen LogP contribution in [0.2, 0.25) is 5.02 Å². The molecule has 2 aromatic carbocycles. The van der Waals surface area contributed by atoms with Crippen LogP contribution in [0.3, 0.4) is 0 Å². The fourth-order valence-electron chi connectivity index (χ4n) is 1.56. The molecule has 0 saturated heterocycles. The smallest absolute Gasteiger partial charge is 0.339 e. The van der Waals surface area contributed by atoms with Crippen molar-refractivity contribution in [2.24, 2.45) is 0 Å². The van der Waals surface area contributed by atoms with Crippen LogP contribution in [-0.2, 0) is 0 Å². The van der Waals surface area contributed by atoms with Crippen LogP contribution in [0.4, 0.5) is 0 Å². The van der Waals surface area contributed by atoms with E-state index in [1.54, 1.807) is 18.2 Å². The number of rotatable bonds is 3. The van der Waals surface area contributed by atoms with Gasteiger partial charge in [-0.05, 0) is 42.8 Å². The van der Waals surface area contributed by atoms with E-state index in [1.165, 1.54) is 6.07 Å². The van der Waals surface area contributed by atoms with Gasteiger partial charge in [-0.2, -0.15) is 0 Å². The van der Waals surface area contributed by atoms with Gasteiger partial charge < -0.3 is 9.84 Å². The quantitative estimate of drug-likeness (QED) is 0.904. The number of aryl methyl sites for hydroxylation is 1. The molecule has 2 aromatic rings. The summed E-state index contributed by atoms with van der Waals surface area (Å²) in [7, 11) is 0. The minimum absolute atomic E-state index is 0.0454. The summed E-state index contributed by atoms with van der Waals surface area (Å²) in [6.45, 7) is 1.94. The minimum atomic E-state index is -1.07. The van der Waals surface area contributed by atoms with Crippen LogP contribution in [-0.4, -0.2) is 11.1 Å². The lowest BCUT2D eigenvalue weighted by atomic mass is 10.2. The molecule has 0 aliphatic carbocycles. The highest BCUT2D eigenvalue weighted by atomic mass is 35.5. The summed E-state index contributed by atoms with van der Waals surface area (Å²) in [6.07, 6.45) is 0. The molecule has 92 valence electrons. The molecule has 0 unspecified atom stereocenters. The first kappa shape index (κ1) is 12.5. The van der Waals surface area contributed by atoms with Crippen molar-refractivity contribution in [2.75, 3.05) is 0 Å². The van der Waals surface area contributed by atoms with Crippen molar-refractivity contribution >= 4 is 17.6 Å². The Morgan fingerprint density at radius 3 is 2.67 bits per heavy atom. The average molecular weight is 263 g/mol. The molecule has 0 fully saturated rings. The number of hydrogen-bond acceptors (Lipinski definition) is 2. The molecule has 0 aliphatic rings. The van der Waals surface area contributed by atoms with E-state index in [9.17, 15) is 4.79 Å². The van der Waals surface area contributed by atoms with E-state index < -0.39 is 5.97 Å². The first-order valence-electron chi connectivity index (χ1n) is 5.33. The molecule has 0 radical (unpaired) electrons. The van der Waals surface area contributed by atoms with Gasteiger partial charge in [0.25, 0.3) is 0 Å². The molecule has 0 amide bonds. The van der Waals surface area contributed by atoms with Gasteiger partial charge in [0.05, 0.1) is 0 Å². The van der Waals surface area contributed by atoms with Crippen molar-refractivity contribution in [1.29, 1.82) is 0 Å². The number of aromatic carboxylic acids is 1. The maximum atomic E-state index is 11.1. The van der Waals surface area contributed by atoms with Gasteiger partial charge in [-0.15, -0.1) is 0 Å². The number of ether oxygens (including phenoxy) is 1. The summed E-state index contributed by atoms with van der Waals surface area (Å²) < 4.78 is 5.57. The van der Waals surface area contributed by atoms with Crippen LogP contribution in [0, 0.1) is 6.92 Å². The minimum Gasteiger partial charge on any atom is -0.478 e. The van der Waals surface area contributed by atoms with Crippen LogP contribution < -0.4 is 4.74 Å². The number of carboxylic acid groups (broad SMARTS) is 1. The maximum absolute atomic E-state index is 11.1. The number of benzene rings is 2. The van der Waals surface area contributed by atoms with E-state index in [-0.39, 0.29) is 11.3 Å². The summed E-state index contributed by atoms with van der Waals surface area (Å²) in [5, 5.41) is 9.45. The Bertz CT molecular complexity index is 593. The third-order valence-electron chi connectivity index (χ3n) is 2.39. The molecule has 0 aliphatic heterocycles. The highest BCUT2D eigenvalue weighted by Gasteiger charge is 2.12. The van der Waals surface area contributed by atoms with Crippen molar-refractivity contribution in [2.45, 2.75) is 6.92 Å². The van der Waals surface area contributed by atoms with Gasteiger partial charge in [-0.1, -0.05) is 23.7 Å². The van der Waals surface area contributed by atoms with Gasteiger partial charge in [0.1, 0.15) is 17.1 Å². The number of carbonyl (C=O) groups is 1. The molecule has 0 atom stereocenters. The molecule has 4 heteroatoms. The largest absolute Gasteiger partial charge is 0.478 e. The van der Waals surface area contributed by atoms with Gasteiger partial charge in [0, 0.05) is 5.02 Å². The highest BCUT2D eigenvalue weighted by molar-refractivity contribution is 6.31. The Balaban J connectivity index is 2.37. The first-order chi connectivity index (χ1) is 8.56. The van der Waals surface area contributed by atoms with E-state index >= 15 is 0 Å². The molecular weight excluding hydrogens is 252 g/mol. The third-order valence-corrected chi connectivity index (χ3v) is 2.62. The first-order valence-corrected chi connectivity index (χ1v) is 5.71. The molecule has 1 N–H and O–H groups in total. The topological polar surface area (TPSA) is 46.5 Å². The molecule has 3 nitrogen and oxygen atoms in total. The second kappa shape index (κ2) is 5.10. The van der Waals surface area contributed by atoms with E-state index in [2.05, 4.69) is 0 Å². The monoisotopic (exact) mass is 262 g/mol. The van der Waals surface area contributed by atoms with Crippen molar-refractivity contribution in [3.05, 3.63) is 58.6 Å². The SMILES string of the molecule is Cc1cccc(Oc2ccc(Cl)cc2C(=O)O)c1. The van der Waals surface area contributed by atoms with E-state index in [0.717, 1.165) is 5.56 Å². The van der Waals surface area contributed by atoms with Gasteiger partial charge in [-0.25, -0.2) is 4.79 Å². The molecule has 0 bridgehead atoms. The van der Waals surface area contributed by atoms with Gasteiger partial charge in [0.2, 0.25) is 0 Å². The lowest BCUT2D eigenvalue weighted by molar-refractivity contribution is 0.0694. The summed E-state index contributed by atoms with van der Waals surface area (Å²) >= 11 is 5.77. The molecule has 2 rings (SSSR count). The normalized spacial score (nSPS) is 10.1. The van der Waals surface area contributed by atoms with Gasteiger partial charge in [-0.3, -0.25) is 0 Å². The fraction of sp³-hybridized carbons (Fsp3) is 0.0714. The number of hydrogen-bond donors (Lipinski definition) is 1. The maximum Gasteiger partial charge on any atom is 0.339 e. The number of halogens is 1. The third kappa shape index (κ3) is 2.81. The molecule has 18 heavy (non-hydrogen) atoms. The average Bonchev–Trinajstić information content (AvgIpc) is 2.31. The second-order valence-electron chi connectivity index (χ2n) is 3.86. The zero-order valence-corrected chi connectivity index (χ0v) is 10.4. The molecule has 0 spiro atoms. The molecule has 0 heterocycles. The lowest BCUT2D eigenvalue weighted by Gasteiger charge is -2.09. The van der Waals surface area contributed by atoms with Gasteiger partial charge >= 0.3 is 5.97 Å². The van der Waals surface area contributed by atoms with Gasteiger partial charge in [0.15, 0.2) is 0 Å². The Kier molecular flexibility index (Phi) is 3.53. The van der Waals surface area contributed by atoms with E-state index in [1.807, 2.05) is 25.1 Å². The predicted octanol–water partition coefficient (Wildman–Crippen LogP) is 4.14. The Morgan fingerprint density at radius 1 is 1.22 bits per heavy atom. The molecule has 0 aromatic heterocycles. The van der Waals surface area contributed by atoms with Crippen LogP contribution in [0.15, 0.2) is 42.5 Å². The summed E-state index contributed by atoms with van der Waals surface area (Å²) in [4.78, 5) is 11.1. The summed E-state index contributed by atoms with van der Waals surface area (Å²) in [6, 6.07) is 11.9. The summed E-state index contributed by atoms with van der Waals surface area (Å²) in [5.74, 6) is -0.197. The zero-order valence-electron chi connectivity index (χ0n) is 9.68.